The van der Waals surface area contributed by atoms with Crippen LogP contribution in [0.4, 0.5) is 17.6 Å². The van der Waals surface area contributed by atoms with Crippen molar-refractivity contribution in [3.05, 3.63) is 57.9 Å². The van der Waals surface area contributed by atoms with Gasteiger partial charge in [-0.15, -0.1) is 0 Å². The summed E-state index contributed by atoms with van der Waals surface area (Å²) in [4.78, 5) is 10.7. The minimum absolute atomic E-state index is 0.240. The molecular weight excluding hydrogens is 336 g/mol. The van der Waals surface area contributed by atoms with Crippen molar-refractivity contribution < 1.29 is 27.5 Å². The highest BCUT2D eigenvalue weighted by molar-refractivity contribution is 5.73. The van der Waals surface area contributed by atoms with Gasteiger partial charge in [0.25, 0.3) is 0 Å². The van der Waals surface area contributed by atoms with E-state index in [4.69, 9.17) is 5.11 Å². The Morgan fingerprint density at radius 1 is 1.04 bits per heavy atom. The molecule has 0 saturated heterocycles. The predicted octanol–water partition coefficient (Wildman–Crippen LogP) is 5.45. The van der Waals surface area contributed by atoms with Crippen molar-refractivity contribution in [3.63, 3.8) is 0 Å². The molecular formula is C19H18F4O2. The van der Waals surface area contributed by atoms with Crippen LogP contribution in [0.3, 0.4) is 0 Å². The summed E-state index contributed by atoms with van der Waals surface area (Å²) in [6.45, 7) is 5.44. The molecule has 0 bridgehead atoms. The molecule has 2 aromatic carbocycles. The van der Waals surface area contributed by atoms with Crippen LogP contribution >= 0.6 is 0 Å². The van der Waals surface area contributed by atoms with Gasteiger partial charge in [-0.25, -0.2) is 4.39 Å². The first-order valence-electron chi connectivity index (χ1n) is 7.70. The van der Waals surface area contributed by atoms with E-state index in [9.17, 15) is 22.4 Å². The smallest absolute Gasteiger partial charge is 0.419 e. The molecule has 6 heteroatoms. The predicted molar refractivity (Wildman–Crippen MR) is 87.0 cm³/mol. The summed E-state index contributed by atoms with van der Waals surface area (Å²) in [7, 11) is 0. The van der Waals surface area contributed by atoms with Crippen LogP contribution in [-0.2, 0) is 17.4 Å². The lowest BCUT2D eigenvalue weighted by Gasteiger charge is -2.17. The Balaban J connectivity index is 2.70. The summed E-state index contributed by atoms with van der Waals surface area (Å²) < 4.78 is 54.0. The van der Waals surface area contributed by atoms with Gasteiger partial charge in [-0.05, 0) is 67.1 Å². The number of alkyl halides is 3. The first-order chi connectivity index (χ1) is 11.5. The maximum absolute atomic E-state index is 14.3. The van der Waals surface area contributed by atoms with E-state index in [0.29, 0.717) is 5.56 Å². The van der Waals surface area contributed by atoms with Gasteiger partial charge in [0.1, 0.15) is 5.82 Å². The van der Waals surface area contributed by atoms with E-state index < -0.39 is 29.9 Å². The maximum atomic E-state index is 14.3. The molecule has 0 amide bonds. The average molecular weight is 354 g/mol. The second kappa shape index (κ2) is 6.86. The fourth-order valence-electron chi connectivity index (χ4n) is 3.09. The van der Waals surface area contributed by atoms with Crippen LogP contribution in [0.15, 0.2) is 24.3 Å². The Bertz CT molecular complexity index is 800. The molecule has 25 heavy (non-hydrogen) atoms. The standard InChI is InChI=1S/C19H18F4O2/c1-10-6-11(2)17(12(3)7-10)14-8-13(4-5-16(24)25)18(20)15(9-14)19(21,22)23/h6-9H,4-5H2,1-3H3,(H,24,25). The third kappa shape index (κ3) is 4.18. The van der Waals surface area contributed by atoms with E-state index >= 15 is 0 Å². The molecule has 0 saturated carbocycles. The van der Waals surface area contributed by atoms with Crippen molar-refractivity contribution in [2.45, 2.75) is 39.8 Å². The lowest BCUT2D eigenvalue weighted by Crippen LogP contribution is -2.12. The molecule has 1 N–H and O–H groups in total. The number of hydrogen-bond acceptors (Lipinski definition) is 1. The van der Waals surface area contributed by atoms with E-state index in [1.807, 2.05) is 19.1 Å². The van der Waals surface area contributed by atoms with Crippen LogP contribution in [0.2, 0.25) is 0 Å². The minimum Gasteiger partial charge on any atom is -0.481 e. The molecule has 0 aliphatic rings. The molecule has 0 spiro atoms. The number of carbonyl (C=O) groups is 1. The van der Waals surface area contributed by atoms with E-state index in [1.54, 1.807) is 13.8 Å². The molecule has 0 unspecified atom stereocenters. The fraction of sp³-hybridized carbons (Fsp3) is 0.316. The van der Waals surface area contributed by atoms with Gasteiger partial charge >= 0.3 is 12.1 Å². The summed E-state index contributed by atoms with van der Waals surface area (Å²) in [6.07, 6.45) is -5.60. The summed E-state index contributed by atoms with van der Waals surface area (Å²) in [5, 5.41) is 8.76. The highest BCUT2D eigenvalue weighted by Crippen LogP contribution is 2.38. The summed E-state index contributed by atoms with van der Waals surface area (Å²) >= 11 is 0. The van der Waals surface area contributed by atoms with Crippen molar-refractivity contribution in [2.75, 3.05) is 0 Å². The topological polar surface area (TPSA) is 37.3 Å². The lowest BCUT2D eigenvalue weighted by atomic mass is 9.90. The Morgan fingerprint density at radius 2 is 1.60 bits per heavy atom. The van der Waals surface area contributed by atoms with Crippen LogP contribution in [0.1, 0.15) is 34.2 Å². The monoisotopic (exact) mass is 354 g/mol. The lowest BCUT2D eigenvalue weighted by molar-refractivity contribution is -0.140. The van der Waals surface area contributed by atoms with Gasteiger partial charge in [0.05, 0.1) is 5.56 Å². The van der Waals surface area contributed by atoms with E-state index in [2.05, 4.69) is 0 Å². The van der Waals surface area contributed by atoms with Crippen LogP contribution in [0.5, 0.6) is 0 Å². The van der Waals surface area contributed by atoms with Gasteiger partial charge in [0.2, 0.25) is 0 Å². The maximum Gasteiger partial charge on any atom is 0.419 e. The van der Waals surface area contributed by atoms with Gasteiger partial charge in [-0.2, -0.15) is 13.2 Å². The summed E-state index contributed by atoms with van der Waals surface area (Å²) in [6, 6.07) is 5.80. The van der Waals surface area contributed by atoms with Crippen molar-refractivity contribution >= 4 is 5.97 Å². The minimum atomic E-state index is -4.86. The third-order valence-electron chi connectivity index (χ3n) is 4.03. The molecule has 2 nitrogen and oxygen atoms in total. The van der Waals surface area contributed by atoms with E-state index in [1.165, 1.54) is 6.07 Å². The normalized spacial score (nSPS) is 11.6. The van der Waals surface area contributed by atoms with Crippen molar-refractivity contribution in [1.29, 1.82) is 0 Å². The molecule has 0 heterocycles. The van der Waals surface area contributed by atoms with Gasteiger partial charge in [0, 0.05) is 6.42 Å². The highest BCUT2D eigenvalue weighted by atomic mass is 19.4. The summed E-state index contributed by atoms with van der Waals surface area (Å²) in [5.74, 6) is -2.60. The Morgan fingerprint density at radius 3 is 2.08 bits per heavy atom. The van der Waals surface area contributed by atoms with E-state index in [-0.39, 0.29) is 17.5 Å². The Kier molecular flexibility index (Phi) is 5.20. The molecule has 0 aliphatic carbocycles. The van der Waals surface area contributed by atoms with Crippen LogP contribution < -0.4 is 0 Å². The largest absolute Gasteiger partial charge is 0.481 e. The average Bonchev–Trinajstić information content (AvgIpc) is 2.44. The molecule has 2 rings (SSSR count). The SMILES string of the molecule is Cc1cc(C)c(-c2cc(CCC(=O)O)c(F)c(C(F)(F)F)c2)c(C)c1. The highest BCUT2D eigenvalue weighted by Gasteiger charge is 2.36. The number of aryl methyl sites for hydroxylation is 4. The molecule has 134 valence electrons. The van der Waals surface area contributed by atoms with E-state index in [0.717, 1.165) is 22.8 Å². The third-order valence-corrected chi connectivity index (χ3v) is 4.03. The van der Waals surface area contributed by atoms with Gasteiger partial charge < -0.3 is 5.11 Å². The fourth-order valence-corrected chi connectivity index (χ4v) is 3.09. The number of hydrogen-bond donors (Lipinski definition) is 1. The number of carboxylic acid groups (broad SMARTS) is 1. The van der Waals surface area contributed by atoms with Crippen molar-refractivity contribution in [3.8, 4) is 11.1 Å². The first-order valence-corrected chi connectivity index (χ1v) is 7.70. The zero-order valence-electron chi connectivity index (χ0n) is 14.1. The molecule has 0 aliphatic heterocycles. The number of carboxylic acids is 1. The molecule has 0 fully saturated rings. The van der Waals surface area contributed by atoms with Crippen LogP contribution in [0, 0.1) is 26.6 Å². The van der Waals surface area contributed by atoms with Gasteiger partial charge in [-0.3, -0.25) is 4.79 Å². The molecule has 0 atom stereocenters. The molecule has 0 aromatic heterocycles. The Hall–Kier alpha value is -2.37. The first kappa shape index (κ1) is 19.0. The Labute approximate surface area is 143 Å². The number of rotatable bonds is 4. The van der Waals surface area contributed by atoms with Crippen LogP contribution in [0.25, 0.3) is 11.1 Å². The van der Waals surface area contributed by atoms with Gasteiger partial charge in [0.15, 0.2) is 0 Å². The molecule has 2 aromatic rings. The quantitative estimate of drug-likeness (QED) is 0.741. The van der Waals surface area contributed by atoms with Crippen molar-refractivity contribution in [1.82, 2.24) is 0 Å². The zero-order valence-corrected chi connectivity index (χ0v) is 14.1. The number of aliphatic carboxylic acids is 1. The second-order valence-corrected chi connectivity index (χ2v) is 6.16. The second-order valence-electron chi connectivity index (χ2n) is 6.16. The van der Waals surface area contributed by atoms with Gasteiger partial charge in [-0.1, -0.05) is 17.7 Å². The number of benzene rings is 2. The summed E-state index contributed by atoms with van der Waals surface area (Å²) in [5.41, 5.74) is 1.76. The van der Waals surface area contributed by atoms with Crippen molar-refractivity contribution in [2.24, 2.45) is 0 Å². The van der Waals surface area contributed by atoms with Crippen LogP contribution in [-0.4, -0.2) is 11.1 Å². The molecule has 0 radical (unpaired) electrons. The zero-order chi connectivity index (χ0) is 18.9. The number of halogens is 4.